The van der Waals surface area contributed by atoms with Crippen LogP contribution in [0.15, 0.2) is 30.3 Å². The van der Waals surface area contributed by atoms with Crippen molar-refractivity contribution in [3.8, 4) is 0 Å². The maximum Gasteiger partial charge on any atom is 0.323 e. The Labute approximate surface area is 120 Å². The third-order valence-corrected chi connectivity index (χ3v) is 3.59. The van der Waals surface area contributed by atoms with E-state index < -0.39 is 0 Å². The maximum absolute atomic E-state index is 12.2. The van der Waals surface area contributed by atoms with Crippen LogP contribution >= 0.6 is 0 Å². The number of rotatable bonds is 7. The molecule has 1 heterocycles. The molecule has 0 saturated carbocycles. The number of likely N-dealkylation sites (tertiary alicyclic amines) is 1. The van der Waals surface area contributed by atoms with Crippen LogP contribution in [0.3, 0.4) is 0 Å². The van der Waals surface area contributed by atoms with Crippen molar-refractivity contribution < 1.29 is 14.3 Å². The van der Waals surface area contributed by atoms with Crippen LogP contribution in [0.25, 0.3) is 0 Å². The van der Waals surface area contributed by atoms with Gasteiger partial charge in [0.1, 0.15) is 12.6 Å². The SMILES string of the molecule is CCOCCN1CCCC1C(=O)OCc1ccccc1. The zero-order valence-corrected chi connectivity index (χ0v) is 12.1. The van der Waals surface area contributed by atoms with Crippen molar-refractivity contribution in [3.05, 3.63) is 35.9 Å². The van der Waals surface area contributed by atoms with Crippen LogP contribution in [0.1, 0.15) is 25.3 Å². The Kier molecular flexibility index (Phi) is 6.02. The summed E-state index contributed by atoms with van der Waals surface area (Å²) in [5.74, 6) is -0.108. The Balaban J connectivity index is 1.78. The van der Waals surface area contributed by atoms with Gasteiger partial charge in [-0.1, -0.05) is 30.3 Å². The first kappa shape index (κ1) is 15.0. The quantitative estimate of drug-likeness (QED) is 0.566. The molecule has 0 aliphatic carbocycles. The molecule has 4 heteroatoms. The minimum atomic E-state index is -0.108. The molecule has 2 rings (SSSR count). The fraction of sp³-hybridized carbons (Fsp3) is 0.562. The van der Waals surface area contributed by atoms with Gasteiger partial charge in [0.25, 0.3) is 0 Å². The maximum atomic E-state index is 12.2. The van der Waals surface area contributed by atoms with Gasteiger partial charge in [0, 0.05) is 13.2 Å². The molecule has 0 aromatic heterocycles. The molecule has 20 heavy (non-hydrogen) atoms. The summed E-state index contributed by atoms with van der Waals surface area (Å²) in [7, 11) is 0. The fourth-order valence-electron chi connectivity index (χ4n) is 2.51. The summed E-state index contributed by atoms with van der Waals surface area (Å²) in [6.07, 6.45) is 1.94. The molecule has 1 atom stereocenters. The van der Waals surface area contributed by atoms with E-state index in [1.165, 1.54) is 0 Å². The summed E-state index contributed by atoms with van der Waals surface area (Å²) in [4.78, 5) is 14.3. The van der Waals surface area contributed by atoms with E-state index in [1.54, 1.807) is 0 Å². The van der Waals surface area contributed by atoms with E-state index in [0.29, 0.717) is 13.2 Å². The van der Waals surface area contributed by atoms with Gasteiger partial charge >= 0.3 is 5.97 Å². The van der Waals surface area contributed by atoms with E-state index in [-0.39, 0.29) is 12.0 Å². The lowest BCUT2D eigenvalue weighted by atomic mass is 10.2. The Hall–Kier alpha value is -1.39. The first-order valence-electron chi connectivity index (χ1n) is 7.33. The molecule has 1 aromatic carbocycles. The first-order chi connectivity index (χ1) is 9.81. The second-order valence-electron chi connectivity index (χ2n) is 4.98. The van der Waals surface area contributed by atoms with E-state index >= 15 is 0 Å². The predicted octanol–water partition coefficient (Wildman–Crippen LogP) is 2.23. The number of ether oxygens (including phenoxy) is 2. The van der Waals surface area contributed by atoms with Crippen molar-refractivity contribution in [1.29, 1.82) is 0 Å². The van der Waals surface area contributed by atoms with Gasteiger partial charge in [-0.2, -0.15) is 0 Å². The van der Waals surface area contributed by atoms with E-state index in [2.05, 4.69) is 4.90 Å². The van der Waals surface area contributed by atoms with Gasteiger partial charge in [-0.3, -0.25) is 9.69 Å². The van der Waals surface area contributed by atoms with Crippen LogP contribution < -0.4 is 0 Å². The molecule has 0 N–H and O–H groups in total. The molecule has 1 aliphatic rings. The van der Waals surface area contributed by atoms with Crippen molar-refractivity contribution in [2.24, 2.45) is 0 Å². The second kappa shape index (κ2) is 8.02. The zero-order chi connectivity index (χ0) is 14.2. The number of benzene rings is 1. The van der Waals surface area contributed by atoms with Crippen LogP contribution in [0.5, 0.6) is 0 Å². The standard InChI is InChI=1S/C16H23NO3/c1-2-19-12-11-17-10-6-9-15(17)16(18)20-13-14-7-4-3-5-8-14/h3-5,7-8,15H,2,6,9-13H2,1H3. The monoisotopic (exact) mass is 277 g/mol. The van der Waals surface area contributed by atoms with Gasteiger partial charge in [0.05, 0.1) is 6.61 Å². The molecular formula is C16H23NO3. The molecule has 1 aliphatic heterocycles. The third-order valence-electron chi connectivity index (χ3n) is 3.59. The molecule has 1 aromatic rings. The van der Waals surface area contributed by atoms with Crippen molar-refractivity contribution in [2.75, 3.05) is 26.3 Å². The Morgan fingerprint density at radius 2 is 2.15 bits per heavy atom. The van der Waals surface area contributed by atoms with Gasteiger partial charge in [-0.25, -0.2) is 0 Å². The minimum Gasteiger partial charge on any atom is -0.460 e. The zero-order valence-electron chi connectivity index (χ0n) is 12.1. The van der Waals surface area contributed by atoms with Crippen LogP contribution in [0.2, 0.25) is 0 Å². The number of esters is 1. The third kappa shape index (κ3) is 4.32. The molecule has 0 radical (unpaired) electrons. The number of hydrogen-bond acceptors (Lipinski definition) is 4. The van der Waals surface area contributed by atoms with Crippen LogP contribution in [0, 0.1) is 0 Å². The van der Waals surface area contributed by atoms with E-state index in [1.807, 2.05) is 37.3 Å². The van der Waals surface area contributed by atoms with Crippen molar-refractivity contribution in [1.82, 2.24) is 4.90 Å². The summed E-state index contributed by atoms with van der Waals surface area (Å²) >= 11 is 0. The largest absolute Gasteiger partial charge is 0.460 e. The van der Waals surface area contributed by atoms with Crippen LogP contribution in [-0.4, -0.2) is 43.2 Å². The van der Waals surface area contributed by atoms with Gasteiger partial charge in [-0.05, 0) is 31.9 Å². The van der Waals surface area contributed by atoms with Crippen molar-refractivity contribution >= 4 is 5.97 Å². The summed E-state index contributed by atoms with van der Waals surface area (Å²) in [5, 5.41) is 0. The molecular weight excluding hydrogens is 254 g/mol. The molecule has 0 bridgehead atoms. The van der Waals surface area contributed by atoms with Crippen molar-refractivity contribution in [3.63, 3.8) is 0 Å². The number of carbonyl (C=O) groups is 1. The van der Waals surface area contributed by atoms with E-state index in [9.17, 15) is 4.79 Å². The highest BCUT2D eigenvalue weighted by Gasteiger charge is 2.31. The Bertz CT molecular complexity index is 407. The highest BCUT2D eigenvalue weighted by atomic mass is 16.5. The molecule has 1 unspecified atom stereocenters. The minimum absolute atomic E-state index is 0.0980. The summed E-state index contributed by atoms with van der Waals surface area (Å²) in [6.45, 7) is 5.50. The molecule has 0 spiro atoms. The highest BCUT2D eigenvalue weighted by molar-refractivity contribution is 5.76. The van der Waals surface area contributed by atoms with Crippen LogP contribution in [0.4, 0.5) is 0 Å². The molecule has 4 nitrogen and oxygen atoms in total. The number of hydrogen-bond donors (Lipinski definition) is 0. The second-order valence-corrected chi connectivity index (χ2v) is 4.98. The normalized spacial score (nSPS) is 19.1. The highest BCUT2D eigenvalue weighted by Crippen LogP contribution is 2.18. The Morgan fingerprint density at radius 1 is 1.35 bits per heavy atom. The summed E-state index contributed by atoms with van der Waals surface area (Å²) in [5.41, 5.74) is 1.03. The lowest BCUT2D eigenvalue weighted by Gasteiger charge is -2.22. The summed E-state index contributed by atoms with van der Waals surface area (Å²) in [6, 6.07) is 9.70. The van der Waals surface area contributed by atoms with Gasteiger partial charge in [0.2, 0.25) is 0 Å². The van der Waals surface area contributed by atoms with Crippen molar-refractivity contribution in [2.45, 2.75) is 32.4 Å². The number of carbonyl (C=O) groups excluding carboxylic acids is 1. The van der Waals surface area contributed by atoms with E-state index in [0.717, 1.165) is 38.1 Å². The fourth-order valence-corrected chi connectivity index (χ4v) is 2.51. The first-order valence-corrected chi connectivity index (χ1v) is 7.33. The van der Waals surface area contributed by atoms with Gasteiger partial charge < -0.3 is 9.47 Å². The molecule has 0 amide bonds. The van der Waals surface area contributed by atoms with Gasteiger partial charge in [0.15, 0.2) is 0 Å². The molecule has 1 fully saturated rings. The van der Waals surface area contributed by atoms with Crippen LogP contribution in [-0.2, 0) is 20.9 Å². The number of nitrogens with zero attached hydrogens (tertiary/aromatic N) is 1. The smallest absolute Gasteiger partial charge is 0.323 e. The van der Waals surface area contributed by atoms with E-state index in [4.69, 9.17) is 9.47 Å². The average molecular weight is 277 g/mol. The molecule has 110 valence electrons. The topological polar surface area (TPSA) is 38.8 Å². The lowest BCUT2D eigenvalue weighted by Crippen LogP contribution is -2.39. The lowest BCUT2D eigenvalue weighted by molar-refractivity contribution is -0.150. The Morgan fingerprint density at radius 3 is 2.90 bits per heavy atom. The predicted molar refractivity (Wildman–Crippen MR) is 77.3 cm³/mol. The average Bonchev–Trinajstić information content (AvgIpc) is 2.95. The molecule has 1 saturated heterocycles. The van der Waals surface area contributed by atoms with Gasteiger partial charge in [-0.15, -0.1) is 0 Å². The summed E-state index contributed by atoms with van der Waals surface area (Å²) < 4.78 is 10.8.